The van der Waals surface area contributed by atoms with Crippen molar-refractivity contribution in [3.63, 3.8) is 0 Å². The van der Waals surface area contributed by atoms with Gasteiger partial charge in [-0.3, -0.25) is 4.79 Å². The first-order chi connectivity index (χ1) is 7.02. The van der Waals surface area contributed by atoms with Crippen molar-refractivity contribution in [2.75, 3.05) is 20.6 Å². The summed E-state index contributed by atoms with van der Waals surface area (Å²) in [7, 11) is 3.85. The number of nitrogens with zero attached hydrogens (tertiary/aromatic N) is 1. The van der Waals surface area contributed by atoms with Crippen LogP contribution in [0, 0.1) is 0 Å². The first kappa shape index (κ1) is 12.5. The molecule has 0 spiro atoms. The fourth-order valence-electron chi connectivity index (χ4n) is 1.18. The van der Waals surface area contributed by atoms with Crippen molar-refractivity contribution in [2.45, 2.75) is 6.42 Å². The molecular formula is C11H13Cl2NO. The summed E-state index contributed by atoms with van der Waals surface area (Å²) in [6.45, 7) is 0.710. The quantitative estimate of drug-likeness (QED) is 0.760. The fraction of sp³-hybridized carbons (Fsp3) is 0.364. The zero-order chi connectivity index (χ0) is 11.4. The average molecular weight is 246 g/mol. The second-order valence-electron chi connectivity index (χ2n) is 3.58. The summed E-state index contributed by atoms with van der Waals surface area (Å²) in [4.78, 5) is 13.7. The molecule has 0 amide bonds. The Balaban J connectivity index is 2.78. The molecule has 82 valence electrons. The van der Waals surface area contributed by atoms with Crippen molar-refractivity contribution in [3.8, 4) is 0 Å². The Morgan fingerprint density at radius 1 is 1.33 bits per heavy atom. The van der Waals surface area contributed by atoms with Crippen molar-refractivity contribution in [2.24, 2.45) is 0 Å². The molecule has 0 unspecified atom stereocenters. The Hall–Kier alpha value is -0.570. The third kappa shape index (κ3) is 3.49. The van der Waals surface area contributed by atoms with Gasteiger partial charge in [-0.2, -0.15) is 0 Å². The van der Waals surface area contributed by atoms with Crippen LogP contribution in [0.4, 0.5) is 0 Å². The van der Waals surface area contributed by atoms with E-state index in [2.05, 4.69) is 0 Å². The highest BCUT2D eigenvalue weighted by Gasteiger charge is 2.12. The summed E-state index contributed by atoms with van der Waals surface area (Å²) >= 11 is 11.8. The number of carbonyl (C=O) groups excluding carboxylic acids is 1. The van der Waals surface area contributed by atoms with Gasteiger partial charge in [0.05, 0.1) is 10.0 Å². The van der Waals surface area contributed by atoms with E-state index in [0.29, 0.717) is 28.6 Å². The third-order valence-electron chi connectivity index (χ3n) is 2.04. The molecule has 0 aromatic heterocycles. The van der Waals surface area contributed by atoms with Crippen molar-refractivity contribution < 1.29 is 4.79 Å². The minimum absolute atomic E-state index is 0.0243. The zero-order valence-corrected chi connectivity index (χ0v) is 10.3. The van der Waals surface area contributed by atoms with Crippen molar-refractivity contribution in [1.29, 1.82) is 0 Å². The number of hydrogen-bond donors (Lipinski definition) is 0. The number of halogens is 2. The number of ketones is 1. The van der Waals surface area contributed by atoms with Crippen LogP contribution in [-0.2, 0) is 0 Å². The first-order valence-electron chi connectivity index (χ1n) is 4.64. The SMILES string of the molecule is CN(C)CCC(=O)c1cccc(Cl)c1Cl. The van der Waals surface area contributed by atoms with E-state index < -0.39 is 0 Å². The van der Waals surface area contributed by atoms with Crippen LogP contribution < -0.4 is 0 Å². The van der Waals surface area contributed by atoms with Crippen molar-refractivity contribution in [3.05, 3.63) is 33.8 Å². The normalized spacial score (nSPS) is 10.7. The molecule has 0 aliphatic carbocycles. The van der Waals surface area contributed by atoms with Crippen LogP contribution in [0.1, 0.15) is 16.8 Å². The first-order valence-corrected chi connectivity index (χ1v) is 5.40. The van der Waals surface area contributed by atoms with Crippen LogP contribution in [0.15, 0.2) is 18.2 Å². The largest absolute Gasteiger partial charge is 0.309 e. The number of carbonyl (C=O) groups is 1. The van der Waals surface area contributed by atoms with E-state index in [1.807, 2.05) is 19.0 Å². The van der Waals surface area contributed by atoms with Crippen LogP contribution in [0.2, 0.25) is 10.0 Å². The van der Waals surface area contributed by atoms with E-state index >= 15 is 0 Å². The fourth-order valence-corrected chi connectivity index (χ4v) is 1.58. The molecule has 15 heavy (non-hydrogen) atoms. The van der Waals surface area contributed by atoms with Gasteiger partial charge in [-0.15, -0.1) is 0 Å². The Kier molecular flexibility index (Phi) is 4.58. The molecule has 0 aliphatic rings. The molecule has 1 aromatic rings. The molecule has 0 aliphatic heterocycles. The minimum atomic E-state index is 0.0243. The number of hydrogen-bond acceptors (Lipinski definition) is 2. The van der Waals surface area contributed by atoms with Crippen LogP contribution in [0.3, 0.4) is 0 Å². The number of benzene rings is 1. The van der Waals surface area contributed by atoms with Gasteiger partial charge >= 0.3 is 0 Å². The molecule has 0 N–H and O–H groups in total. The molecule has 0 bridgehead atoms. The summed E-state index contributed by atoms with van der Waals surface area (Å²) < 4.78 is 0. The molecule has 0 atom stereocenters. The standard InChI is InChI=1S/C11H13Cl2NO/c1-14(2)7-6-10(15)8-4-3-5-9(12)11(8)13/h3-5H,6-7H2,1-2H3. The molecule has 0 heterocycles. The Labute approximate surface area is 99.8 Å². The van der Waals surface area contributed by atoms with Crippen LogP contribution in [0.25, 0.3) is 0 Å². The third-order valence-corrected chi connectivity index (χ3v) is 2.86. The van der Waals surface area contributed by atoms with Crippen molar-refractivity contribution in [1.82, 2.24) is 4.90 Å². The van der Waals surface area contributed by atoms with Gasteiger partial charge in [0.1, 0.15) is 0 Å². The van der Waals surface area contributed by atoms with Crippen LogP contribution >= 0.6 is 23.2 Å². The molecule has 2 nitrogen and oxygen atoms in total. The molecule has 0 fully saturated rings. The zero-order valence-electron chi connectivity index (χ0n) is 8.76. The van der Waals surface area contributed by atoms with Crippen LogP contribution in [-0.4, -0.2) is 31.3 Å². The van der Waals surface area contributed by atoms with E-state index in [-0.39, 0.29) is 5.78 Å². The van der Waals surface area contributed by atoms with Gasteiger partial charge in [-0.05, 0) is 26.2 Å². The van der Waals surface area contributed by atoms with E-state index in [4.69, 9.17) is 23.2 Å². The average Bonchev–Trinajstić information content (AvgIpc) is 2.18. The smallest absolute Gasteiger partial charge is 0.165 e. The lowest BCUT2D eigenvalue weighted by molar-refractivity contribution is 0.0972. The molecular weight excluding hydrogens is 233 g/mol. The Morgan fingerprint density at radius 3 is 2.60 bits per heavy atom. The highest BCUT2D eigenvalue weighted by molar-refractivity contribution is 6.43. The summed E-state index contributed by atoms with van der Waals surface area (Å²) in [5.74, 6) is 0.0243. The summed E-state index contributed by atoms with van der Waals surface area (Å²) in [5, 5.41) is 0.773. The van der Waals surface area contributed by atoms with Gasteiger partial charge in [0.2, 0.25) is 0 Å². The minimum Gasteiger partial charge on any atom is -0.309 e. The van der Waals surface area contributed by atoms with E-state index in [0.717, 1.165) is 0 Å². The lowest BCUT2D eigenvalue weighted by Crippen LogP contribution is -2.16. The highest BCUT2D eigenvalue weighted by Crippen LogP contribution is 2.26. The van der Waals surface area contributed by atoms with E-state index in [9.17, 15) is 4.79 Å². The van der Waals surface area contributed by atoms with Crippen LogP contribution in [0.5, 0.6) is 0 Å². The van der Waals surface area contributed by atoms with Gasteiger partial charge in [-0.25, -0.2) is 0 Å². The second-order valence-corrected chi connectivity index (χ2v) is 4.36. The predicted molar refractivity (Wildman–Crippen MR) is 64.0 cm³/mol. The van der Waals surface area contributed by atoms with Gasteiger partial charge in [0, 0.05) is 18.5 Å². The monoisotopic (exact) mass is 245 g/mol. The van der Waals surface area contributed by atoms with Gasteiger partial charge in [0.25, 0.3) is 0 Å². The molecule has 0 saturated carbocycles. The molecule has 0 saturated heterocycles. The van der Waals surface area contributed by atoms with Gasteiger partial charge in [0.15, 0.2) is 5.78 Å². The van der Waals surface area contributed by atoms with Gasteiger partial charge < -0.3 is 4.90 Å². The molecule has 1 aromatic carbocycles. The maximum absolute atomic E-state index is 11.8. The molecule has 1 rings (SSSR count). The summed E-state index contributed by atoms with van der Waals surface area (Å²) in [6.07, 6.45) is 0.451. The second kappa shape index (κ2) is 5.50. The predicted octanol–water partition coefficient (Wildman–Crippen LogP) is 3.13. The van der Waals surface area contributed by atoms with E-state index in [1.54, 1.807) is 18.2 Å². The summed E-state index contributed by atoms with van der Waals surface area (Å²) in [6, 6.07) is 5.11. The maximum atomic E-state index is 11.8. The van der Waals surface area contributed by atoms with Gasteiger partial charge in [-0.1, -0.05) is 29.3 Å². The lowest BCUT2D eigenvalue weighted by atomic mass is 10.1. The lowest BCUT2D eigenvalue weighted by Gasteiger charge is -2.09. The number of rotatable bonds is 4. The summed E-state index contributed by atoms with van der Waals surface area (Å²) in [5.41, 5.74) is 0.506. The topological polar surface area (TPSA) is 20.3 Å². The maximum Gasteiger partial charge on any atom is 0.165 e. The Bertz CT molecular complexity index is 364. The number of Topliss-reactive ketones (excluding diaryl/α,β-unsaturated/α-hetero) is 1. The molecule has 0 radical (unpaired) electrons. The molecule has 4 heteroatoms. The Morgan fingerprint density at radius 2 is 2.00 bits per heavy atom. The van der Waals surface area contributed by atoms with E-state index in [1.165, 1.54) is 0 Å². The van der Waals surface area contributed by atoms with Crippen molar-refractivity contribution >= 4 is 29.0 Å². The highest BCUT2D eigenvalue weighted by atomic mass is 35.5.